The molecule has 1 aliphatic carbocycles. The molecule has 0 aromatic carbocycles. The molecular formula is C11H23NO3S. The van der Waals surface area contributed by atoms with Gasteiger partial charge in [0.2, 0.25) is 0 Å². The molecule has 5 heteroatoms. The fraction of sp³-hybridized carbons (Fsp3) is 1.00. The Hall–Kier alpha value is -0.130. The minimum absolute atomic E-state index is 0.285. The van der Waals surface area contributed by atoms with Gasteiger partial charge in [0, 0.05) is 19.4 Å². The van der Waals surface area contributed by atoms with E-state index in [0.29, 0.717) is 18.6 Å². The molecule has 1 saturated carbocycles. The summed E-state index contributed by atoms with van der Waals surface area (Å²) in [6, 6.07) is 0.547. The molecule has 1 fully saturated rings. The topological polar surface area (TPSA) is 55.4 Å². The van der Waals surface area contributed by atoms with Crippen LogP contribution in [0.5, 0.6) is 0 Å². The molecule has 1 rings (SSSR count). The highest BCUT2D eigenvalue weighted by Crippen LogP contribution is 2.20. The summed E-state index contributed by atoms with van der Waals surface area (Å²) < 4.78 is 27.1. The van der Waals surface area contributed by atoms with E-state index in [1.54, 1.807) is 7.11 Å². The first-order chi connectivity index (χ1) is 7.51. The number of methoxy groups -OCH3 is 1. The Balaban J connectivity index is 2.07. The van der Waals surface area contributed by atoms with Crippen LogP contribution in [0, 0.1) is 0 Å². The maximum Gasteiger partial charge on any atom is 0.147 e. The number of hydrogen-bond donors (Lipinski definition) is 1. The van der Waals surface area contributed by atoms with Crippen molar-refractivity contribution in [2.75, 3.05) is 25.7 Å². The minimum Gasteiger partial charge on any atom is -0.381 e. The quantitative estimate of drug-likeness (QED) is 0.713. The minimum atomic E-state index is -2.80. The van der Waals surface area contributed by atoms with E-state index in [1.807, 2.05) is 0 Å². The molecule has 0 saturated heterocycles. The van der Waals surface area contributed by atoms with Gasteiger partial charge in [-0.05, 0) is 38.6 Å². The van der Waals surface area contributed by atoms with Crippen LogP contribution in [0.2, 0.25) is 0 Å². The van der Waals surface area contributed by atoms with E-state index in [9.17, 15) is 8.42 Å². The monoisotopic (exact) mass is 249 g/mol. The molecule has 96 valence electrons. The predicted molar refractivity (Wildman–Crippen MR) is 65.4 cm³/mol. The number of ether oxygens (including phenoxy) is 1. The predicted octanol–water partition coefficient (Wildman–Crippen LogP) is 0.968. The molecule has 0 amide bonds. The SMILES string of the molecule is COC1CCC(NCCCS(C)(=O)=O)CC1. The fourth-order valence-corrected chi connectivity index (χ4v) is 2.81. The first-order valence-corrected chi connectivity index (χ1v) is 8.01. The van der Waals surface area contributed by atoms with E-state index < -0.39 is 9.84 Å². The van der Waals surface area contributed by atoms with Gasteiger partial charge in [0.05, 0.1) is 11.9 Å². The van der Waals surface area contributed by atoms with Crippen LogP contribution < -0.4 is 5.32 Å². The van der Waals surface area contributed by atoms with Crippen LogP contribution in [-0.4, -0.2) is 46.2 Å². The average molecular weight is 249 g/mol. The highest BCUT2D eigenvalue weighted by molar-refractivity contribution is 7.90. The van der Waals surface area contributed by atoms with Crippen molar-refractivity contribution >= 4 is 9.84 Å². The highest BCUT2D eigenvalue weighted by Gasteiger charge is 2.19. The maximum absolute atomic E-state index is 10.9. The van der Waals surface area contributed by atoms with Gasteiger partial charge in [-0.25, -0.2) is 8.42 Å². The Morgan fingerprint density at radius 2 is 1.88 bits per heavy atom. The summed E-state index contributed by atoms with van der Waals surface area (Å²) in [7, 11) is -1.03. The lowest BCUT2D eigenvalue weighted by atomic mass is 9.93. The van der Waals surface area contributed by atoms with Gasteiger partial charge >= 0.3 is 0 Å². The Morgan fingerprint density at radius 1 is 1.25 bits per heavy atom. The van der Waals surface area contributed by atoms with Crippen LogP contribution in [0.25, 0.3) is 0 Å². The second kappa shape index (κ2) is 6.57. The molecule has 4 nitrogen and oxygen atoms in total. The summed E-state index contributed by atoms with van der Waals surface area (Å²) in [6.07, 6.45) is 6.92. The van der Waals surface area contributed by atoms with Crippen LogP contribution in [0.15, 0.2) is 0 Å². The van der Waals surface area contributed by atoms with Crippen molar-refractivity contribution in [2.45, 2.75) is 44.2 Å². The van der Waals surface area contributed by atoms with E-state index in [1.165, 1.54) is 6.26 Å². The van der Waals surface area contributed by atoms with Gasteiger partial charge in [-0.15, -0.1) is 0 Å². The van der Waals surface area contributed by atoms with Crippen molar-refractivity contribution in [3.63, 3.8) is 0 Å². The molecule has 1 N–H and O–H groups in total. The first-order valence-electron chi connectivity index (χ1n) is 5.95. The molecule has 0 aromatic rings. The molecule has 0 aliphatic heterocycles. The van der Waals surface area contributed by atoms with E-state index in [4.69, 9.17) is 4.74 Å². The lowest BCUT2D eigenvalue weighted by Crippen LogP contribution is -2.36. The molecule has 0 radical (unpaired) electrons. The van der Waals surface area contributed by atoms with Gasteiger partial charge in [-0.1, -0.05) is 0 Å². The Kier molecular flexibility index (Phi) is 5.72. The molecule has 0 aromatic heterocycles. The van der Waals surface area contributed by atoms with Crippen LogP contribution >= 0.6 is 0 Å². The number of hydrogen-bond acceptors (Lipinski definition) is 4. The fourth-order valence-electron chi connectivity index (χ4n) is 2.14. The maximum atomic E-state index is 10.9. The molecule has 0 atom stereocenters. The van der Waals surface area contributed by atoms with Crippen molar-refractivity contribution in [2.24, 2.45) is 0 Å². The average Bonchev–Trinajstić information content (AvgIpc) is 2.24. The molecule has 0 bridgehead atoms. The zero-order valence-corrected chi connectivity index (χ0v) is 11.1. The number of sulfone groups is 1. The van der Waals surface area contributed by atoms with Gasteiger partial charge in [-0.2, -0.15) is 0 Å². The van der Waals surface area contributed by atoms with Crippen LogP contribution in [0.4, 0.5) is 0 Å². The smallest absolute Gasteiger partial charge is 0.147 e. The molecule has 1 aliphatic rings. The van der Waals surface area contributed by atoms with Crippen molar-refractivity contribution in [3.05, 3.63) is 0 Å². The van der Waals surface area contributed by atoms with Crippen LogP contribution in [0.1, 0.15) is 32.1 Å². The molecule has 0 spiro atoms. The van der Waals surface area contributed by atoms with Crippen molar-refractivity contribution in [1.82, 2.24) is 5.32 Å². The van der Waals surface area contributed by atoms with Gasteiger partial charge in [-0.3, -0.25) is 0 Å². The lowest BCUT2D eigenvalue weighted by Gasteiger charge is -2.28. The third-order valence-electron chi connectivity index (χ3n) is 3.13. The third kappa shape index (κ3) is 5.82. The van der Waals surface area contributed by atoms with E-state index in [-0.39, 0.29) is 5.75 Å². The number of rotatable bonds is 6. The number of nitrogens with one attached hydrogen (secondary N) is 1. The summed E-state index contributed by atoms with van der Waals surface area (Å²) in [5.41, 5.74) is 0. The summed E-state index contributed by atoms with van der Waals surface area (Å²) in [5.74, 6) is 0.285. The van der Waals surface area contributed by atoms with Gasteiger partial charge in [0.15, 0.2) is 0 Å². The largest absolute Gasteiger partial charge is 0.381 e. The first kappa shape index (κ1) is 13.9. The molecule has 0 unspecified atom stereocenters. The molecular weight excluding hydrogens is 226 g/mol. The second-order valence-corrected chi connectivity index (χ2v) is 6.91. The van der Waals surface area contributed by atoms with E-state index in [0.717, 1.165) is 32.2 Å². The summed E-state index contributed by atoms with van der Waals surface area (Å²) >= 11 is 0. The molecule has 0 heterocycles. The Bertz CT molecular complexity index is 282. The zero-order chi connectivity index (χ0) is 12.0. The third-order valence-corrected chi connectivity index (χ3v) is 4.16. The van der Waals surface area contributed by atoms with Crippen molar-refractivity contribution in [3.8, 4) is 0 Å². The van der Waals surface area contributed by atoms with Crippen LogP contribution in [0.3, 0.4) is 0 Å². The standard InChI is InChI=1S/C11H23NO3S/c1-15-11-6-4-10(5-7-11)12-8-3-9-16(2,13)14/h10-12H,3-9H2,1-2H3. The van der Waals surface area contributed by atoms with E-state index in [2.05, 4.69) is 5.32 Å². The van der Waals surface area contributed by atoms with Crippen molar-refractivity contribution in [1.29, 1.82) is 0 Å². The van der Waals surface area contributed by atoms with Gasteiger partial charge in [0.1, 0.15) is 9.84 Å². The highest BCUT2D eigenvalue weighted by atomic mass is 32.2. The van der Waals surface area contributed by atoms with E-state index >= 15 is 0 Å². The summed E-state index contributed by atoms with van der Waals surface area (Å²) in [6.45, 7) is 0.801. The zero-order valence-electron chi connectivity index (χ0n) is 10.2. The Morgan fingerprint density at radius 3 is 2.38 bits per heavy atom. The molecule has 16 heavy (non-hydrogen) atoms. The van der Waals surface area contributed by atoms with Crippen LogP contribution in [-0.2, 0) is 14.6 Å². The second-order valence-electron chi connectivity index (χ2n) is 4.65. The summed E-state index contributed by atoms with van der Waals surface area (Å²) in [5, 5.41) is 3.42. The summed E-state index contributed by atoms with van der Waals surface area (Å²) in [4.78, 5) is 0. The normalized spacial score (nSPS) is 26.9. The van der Waals surface area contributed by atoms with Crippen molar-refractivity contribution < 1.29 is 13.2 Å². The van der Waals surface area contributed by atoms with Gasteiger partial charge in [0.25, 0.3) is 0 Å². The van der Waals surface area contributed by atoms with Gasteiger partial charge < -0.3 is 10.1 Å². The lowest BCUT2D eigenvalue weighted by molar-refractivity contribution is 0.0626. The Labute approximate surface area is 98.7 Å².